The predicted octanol–water partition coefficient (Wildman–Crippen LogP) is 1.98. The van der Waals surface area contributed by atoms with Crippen molar-refractivity contribution in [2.24, 2.45) is 11.8 Å². The zero-order valence-electron chi connectivity index (χ0n) is 10.8. The molecule has 4 nitrogen and oxygen atoms in total. The van der Waals surface area contributed by atoms with Crippen molar-refractivity contribution in [2.75, 3.05) is 12.3 Å². The standard InChI is InChI=1S/C12H19FN2O2S/c1-8(2)9(3)7-15-18(16,17)11-6-4-5-10(13)12(11)14/h4-6,8-9,15H,7,14H2,1-3H3. The van der Waals surface area contributed by atoms with Gasteiger partial charge >= 0.3 is 0 Å². The molecule has 0 aromatic heterocycles. The summed E-state index contributed by atoms with van der Waals surface area (Å²) in [5.41, 5.74) is 5.10. The van der Waals surface area contributed by atoms with E-state index >= 15 is 0 Å². The molecule has 0 amide bonds. The van der Waals surface area contributed by atoms with Gasteiger partial charge in [-0.3, -0.25) is 0 Å². The quantitative estimate of drug-likeness (QED) is 0.806. The van der Waals surface area contributed by atoms with E-state index in [1.54, 1.807) is 0 Å². The van der Waals surface area contributed by atoms with Gasteiger partial charge in [-0.1, -0.05) is 26.8 Å². The molecule has 0 bridgehead atoms. The molecule has 1 aromatic rings. The van der Waals surface area contributed by atoms with Crippen LogP contribution >= 0.6 is 0 Å². The summed E-state index contributed by atoms with van der Waals surface area (Å²) in [7, 11) is -3.76. The van der Waals surface area contributed by atoms with Crippen molar-refractivity contribution in [3.8, 4) is 0 Å². The highest BCUT2D eigenvalue weighted by Gasteiger charge is 2.20. The topological polar surface area (TPSA) is 72.2 Å². The number of nitrogen functional groups attached to an aromatic ring is 1. The number of rotatable bonds is 5. The maximum absolute atomic E-state index is 13.2. The fourth-order valence-electron chi connectivity index (χ4n) is 1.31. The summed E-state index contributed by atoms with van der Waals surface area (Å²) < 4.78 is 39.6. The number of hydrogen-bond donors (Lipinski definition) is 2. The van der Waals surface area contributed by atoms with Crippen LogP contribution in [0.15, 0.2) is 23.1 Å². The van der Waals surface area contributed by atoms with E-state index < -0.39 is 15.8 Å². The lowest BCUT2D eigenvalue weighted by Crippen LogP contribution is -2.30. The summed E-state index contributed by atoms with van der Waals surface area (Å²) in [4.78, 5) is -0.210. The van der Waals surface area contributed by atoms with Gasteiger partial charge in [0, 0.05) is 6.54 Å². The number of sulfonamides is 1. The van der Waals surface area contributed by atoms with Crippen LogP contribution in [-0.2, 0) is 10.0 Å². The molecule has 0 saturated carbocycles. The Kier molecular flexibility index (Phi) is 4.70. The molecule has 1 atom stereocenters. The summed E-state index contributed by atoms with van der Waals surface area (Å²) in [6.07, 6.45) is 0. The number of halogens is 1. The predicted molar refractivity (Wildman–Crippen MR) is 70.0 cm³/mol. The number of nitrogens with one attached hydrogen (secondary N) is 1. The molecule has 1 aromatic carbocycles. The number of hydrogen-bond acceptors (Lipinski definition) is 3. The van der Waals surface area contributed by atoms with Crippen LogP contribution in [-0.4, -0.2) is 15.0 Å². The highest BCUT2D eigenvalue weighted by molar-refractivity contribution is 7.89. The Balaban J connectivity index is 2.91. The van der Waals surface area contributed by atoms with Gasteiger partial charge in [-0.25, -0.2) is 17.5 Å². The van der Waals surface area contributed by atoms with E-state index in [0.717, 1.165) is 6.07 Å². The molecule has 1 unspecified atom stereocenters. The van der Waals surface area contributed by atoms with Gasteiger partial charge in [0.2, 0.25) is 10.0 Å². The second-order valence-electron chi connectivity index (χ2n) is 4.72. The van der Waals surface area contributed by atoms with Crippen LogP contribution in [0.5, 0.6) is 0 Å². The molecule has 0 aliphatic rings. The first-order chi connectivity index (χ1) is 8.25. The van der Waals surface area contributed by atoms with Crippen LogP contribution in [0, 0.1) is 17.7 Å². The van der Waals surface area contributed by atoms with Gasteiger partial charge in [0.25, 0.3) is 0 Å². The minimum absolute atomic E-state index is 0.189. The largest absolute Gasteiger partial charge is 0.395 e. The zero-order valence-corrected chi connectivity index (χ0v) is 11.6. The summed E-state index contributed by atoms with van der Waals surface area (Å²) in [6.45, 7) is 6.27. The van der Waals surface area contributed by atoms with Gasteiger partial charge in [-0.2, -0.15) is 0 Å². The third kappa shape index (κ3) is 3.43. The fraction of sp³-hybridized carbons (Fsp3) is 0.500. The normalized spacial score (nSPS) is 13.8. The Bertz CT molecular complexity index is 515. The monoisotopic (exact) mass is 274 g/mol. The molecule has 0 spiro atoms. The van der Waals surface area contributed by atoms with Crippen LogP contribution in [0.2, 0.25) is 0 Å². The summed E-state index contributed by atoms with van der Waals surface area (Å²) in [5.74, 6) is -0.179. The zero-order chi connectivity index (χ0) is 13.9. The molecule has 0 aliphatic carbocycles. The van der Waals surface area contributed by atoms with Crippen LogP contribution in [0.3, 0.4) is 0 Å². The molecular weight excluding hydrogens is 255 g/mol. The third-order valence-corrected chi connectivity index (χ3v) is 4.52. The van der Waals surface area contributed by atoms with Crippen molar-refractivity contribution in [3.63, 3.8) is 0 Å². The third-order valence-electron chi connectivity index (χ3n) is 3.04. The molecule has 102 valence electrons. The van der Waals surface area contributed by atoms with E-state index in [9.17, 15) is 12.8 Å². The molecule has 1 rings (SSSR count). The molecule has 0 radical (unpaired) electrons. The van der Waals surface area contributed by atoms with E-state index in [2.05, 4.69) is 4.72 Å². The van der Waals surface area contributed by atoms with Gasteiger partial charge in [-0.05, 0) is 24.0 Å². The first-order valence-electron chi connectivity index (χ1n) is 5.79. The van der Waals surface area contributed by atoms with Crippen molar-refractivity contribution < 1.29 is 12.8 Å². The lowest BCUT2D eigenvalue weighted by atomic mass is 9.99. The second-order valence-corrected chi connectivity index (χ2v) is 6.46. The average molecular weight is 274 g/mol. The molecule has 18 heavy (non-hydrogen) atoms. The van der Waals surface area contributed by atoms with Crippen molar-refractivity contribution in [3.05, 3.63) is 24.0 Å². The minimum atomic E-state index is -3.76. The van der Waals surface area contributed by atoms with Crippen molar-refractivity contribution in [1.82, 2.24) is 4.72 Å². The smallest absolute Gasteiger partial charge is 0.242 e. The molecule has 0 aliphatic heterocycles. The van der Waals surface area contributed by atoms with Gasteiger partial charge in [0.1, 0.15) is 10.7 Å². The minimum Gasteiger partial charge on any atom is -0.395 e. The Labute approximate surface area is 107 Å². The van der Waals surface area contributed by atoms with Crippen LogP contribution in [0.25, 0.3) is 0 Å². The van der Waals surface area contributed by atoms with Crippen LogP contribution in [0.4, 0.5) is 10.1 Å². The highest BCUT2D eigenvalue weighted by atomic mass is 32.2. The Hall–Kier alpha value is -1.14. The van der Waals surface area contributed by atoms with Gasteiger partial charge < -0.3 is 5.73 Å². The van der Waals surface area contributed by atoms with Crippen LogP contribution < -0.4 is 10.5 Å². The summed E-state index contributed by atoms with van der Waals surface area (Å²) >= 11 is 0. The Morgan fingerprint density at radius 1 is 1.33 bits per heavy atom. The van der Waals surface area contributed by atoms with Gasteiger partial charge in [-0.15, -0.1) is 0 Å². The van der Waals surface area contributed by atoms with E-state index in [4.69, 9.17) is 5.73 Å². The van der Waals surface area contributed by atoms with E-state index in [1.807, 2.05) is 20.8 Å². The molecule has 6 heteroatoms. The van der Waals surface area contributed by atoms with Gasteiger partial charge in [0.15, 0.2) is 0 Å². The summed E-state index contributed by atoms with van der Waals surface area (Å²) in [6, 6.07) is 3.75. The number of anilines is 1. The van der Waals surface area contributed by atoms with Crippen molar-refractivity contribution in [2.45, 2.75) is 25.7 Å². The van der Waals surface area contributed by atoms with E-state index in [1.165, 1.54) is 12.1 Å². The first kappa shape index (κ1) is 14.9. The fourth-order valence-corrected chi connectivity index (χ4v) is 2.59. The Morgan fingerprint density at radius 3 is 2.50 bits per heavy atom. The van der Waals surface area contributed by atoms with Crippen molar-refractivity contribution in [1.29, 1.82) is 0 Å². The molecule has 0 fully saturated rings. The lowest BCUT2D eigenvalue weighted by molar-refractivity contribution is 0.414. The second kappa shape index (κ2) is 5.67. The maximum Gasteiger partial charge on any atom is 0.242 e. The van der Waals surface area contributed by atoms with Crippen molar-refractivity contribution >= 4 is 15.7 Å². The maximum atomic E-state index is 13.2. The first-order valence-corrected chi connectivity index (χ1v) is 7.27. The summed E-state index contributed by atoms with van der Waals surface area (Å²) in [5, 5.41) is 0. The number of para-hydroxylation sites is 1. The molecular formula is C12H19FN2O2S. The Morgan fingerprint density at radius 2 is 1.94 bits per heavy atom. The number of nitrogens with two attached hydrogens (primary N) is 1. The highest BCUT2D eigenvalue weighted by Crippen LogP contribution is 2.21. The van der Waals surface area contributed by atoms with Crippen LogP contribution in [0.1, 0.15) is 20.8 Å². The molecule has 0 heterocycles. The van der Waals surface area contributed by atoms with E-state index in [0.29, 0.717) is 12.5 Å². The van der Waals surface area contributed by atoms with E-state index in [-0.39, 0.29) is 16.5 Å². The average Bonchev–Trinajstić information content (AvgIpc) is 2.29. The number of benzene rings is 1. The molecule has 3 N–H and O–H groups in total. The SMILES string of the molecule is CC(C)C(C)CNS(=O)(=O)c1cccc(F)c1N. The van der Waals surface area contributed by atoms with Gasteiger partial charge in [0.05, 0.1) is 5.69 Å². The molecule has 0 saturated heterocycles. The lowest BCUT2D eigenvalue weighted by Gasteiger charge is -2.16.